The van der Waals surface area contributed by atoms with E-state index in [0.29, 0.717) is 0 Å². The molecule has 1 spiro atoms. The molecule has 3 nitrogen and oxygen atoms in total. The lowest BCUT2D eigenvalue weighted by atomic mass is 9.76. The van der Waals surface area contributed by atoms with Crippen LogP contribution in [0.3, 0.4) is 0 Å². The third-order valence-electron chi connectivity index (χ3n) is 3.17. The topological polar surface area (TPSA) is 41.5 Å². The van der Waals surface area contributed by atoms with E-state index < -0.39 is 0 Å². The molecule has 1 heterocycles. The van der Waals surface area contributed by atoms with Gasteiger partial charge in [-0.3, -0.25) is 4.79 Å². The second-order valence-corrected chi connectivity index (χ2v) is 4.46. The molecule has 1 aliphatic heterocycles. The second kappa shape index (κ2) is 3.33. The Bertz CT molecular complexity index is 234. The Labute approximate surface area is 83.4 Å². The SMILES string of the molecule is O=C(S)C1CCC2(CC=NN2)CC1. The summed E-state index contributed by atoms with van der Waals surface area (Å²) in [7, 11) is 0. The van der Waals surface area contributed by atoms with Crippen molar-refractivity contribution >= 4 is 24.0 Å². The average Bonchev–Trinajstić information content (AvgIpc) is 2.54. The van der Waals surface area contributed by atoms with Crippen LogP contribution < -0.4 is 5.43 Å². The number of hydrazone groups is 1. The van der Waals surface area contributed by atoms with Crippen molar-refractivity contribution in [3.63, 3.8) is 0 Å². The number of rotatable bonds is 1. The highest BCUT2D eigenvalue weighted by Gasteiger charge is 2.37. The maximum Gasteiger partial charge on any atom is 0.188 e. The van der Waals surface area contributed by atoms with E-state index in [2.05, 4.69) is 23.2 Å². The minimum atomic E-state index is 0.0498. The van der Waals surface area contributed by atoms with Gasteiger partial charge in [-0.25, -0.2) is 0 Å². The minimum Gasteiger partial charge on any atom is -0.304 e. The van der Waals surface area contributed by atoms with Gasteiger partial charge in [0, 0.05) is 18.6 Å². The van der Waals surface area contributed by atoms with Crippen LogP contribution in [0.15, 0.2) is 5.10 Å². The first kappa shape index (κ1) is 9.06. The van der Waals surface area contributed by atoms with Crippen LogP contribution in [-0.2, 0) is 4.79 Å². The molecule has 1 saturated carbocycles. The van der Waals surface area contributed by atoms with Crippen molar-refractivity contribution in [1.29, 1.82) is 0 Å². The van der Waals surface area contributed by atoms with E-state index in [-0.39, 0.29) is 16.6 Å². The number of nitrogens with zero attached hydrogens (tertiary/aromatic N) is 1. The van der Waals surface area contributed by atoms with Gasteiger partial charge in [-0.1, -0.05) is 0 Å². The molecule has 4 heteroatoms. The van der Waals surface area contributed by atoms with Crippen LogP contribution in [0.2, 0.25) is 0 Å². The molecule has 0 saturated heterocycles. The Hall–Kier alpha value is -0.510. The molecule has 72 valence electrons. The molecule has 2 aliphatic rings. The van der Waals surface area contributed by atoms with Crippen LogP contribution >= 0.6 is 12.6 Å². The molecule has 0 radical (unpaired) electrons. The van der Waals surface area contributed by atoms with Gasteiger partial charge >= 0.3 is 0 Å². The van der Waals surface area contributed by atoms with Crippen molar-refractivity contribution in [1.82, 2.24) is 5.43 Å². The molecule has 1 aliphatic carbocycles. The molecule has 0 aromatic rings. The number of nitrogens with one attached hydrogen (secondary N) is 1. The summed E-state index contributed by atoms with van der Waals surface area (Å²) in [5.74, 6) is 0.177. The van der Waals surface area contributed by atoms with Crippen molar-refractivity contribution in [3.05, 3.63) is 0 Å². The minimum absolute atomic E-state index is 0.0498. The number of thiol groups is 1. The van der Waals surface area contributed by atoms with E-state index in [1.807, 2.05) is 6.21 Å². The summed E-state index contributed by atoms with van der Waals surface area (Å²) in [6.45, 7) is 0. The number of hydrogen-bond donors (Lipinski definition) is 2. The predicted molar refractivity (Wildman–Crippen MR) is 54.9 cm³/mol. The zero-order valence-corrected chi connectivity index (χ0v) is 8.39. The second-order valence-electron chi connectivity index (χ2n) is 4.02. The van der Waals surface area contributed by atoms with E-state index in [1.54, 1.807) is 0 Å². The van der Waals surface area contributed by atoms with Gasteiger partial charge in [-0.2, -0.15) is 5.10 Å². The van der Waals surface area contributed by atoms with Crippen LogP contribution in [0, 0.1) is 5.92 Å². The fourth-order valence-corrected chi connectivity index (χ4v) is 2.44. The summed E-state index contributed by atoms with van der Waals surface area (Å²) < 4.78 is 0. The summed E-state index contributed by atoms with van der Waals surface area (Å²) in [5, 5.41) is 4.10. The molecule has 0 atom stereocenters. The van der Waals surface area contributed by atoms with Crippen LogP contribution in [-0.4, -0.2) is 16.9 Å². The van der Waals surface area contributed by atoms with Crippen molar-refractivity contribution in [2.45, 2.75) is 37.6 Å². The smallest absolute Gasteiger partial charge is 0.188 e. The van der Waals surface area contributed by atoms with Crippen LogP contribution in [0.1, 0.15) is 32.1 Å². The summed E-state index contributed by atoms with van der Waals surface area (Å²) in [6, 6.07) is 0. The quantitative estimate of drug-likeness (QED) is 0.624. The Morgan fingerprint density at radius 2 is 2.23 bits per heavy atom. The summed E-state index contributed by atoms with van der Waals surface area (Å²) in [6.07, 6.45) is 6.95. The lowest BCUT2D eigenvalue weighted by Crippen LogP contribution is -2.43. The fourth-order valence-electron chi connectivity index (χ4n) is 2.18. The van der Waals surface area contributed by atoms with Gasteiger partial charge in [0.05, 0.1) is 5.54 Å². The van der Waals surface area contributed by atoms with Crippen LogP contribution in [0.25, 0.3) is 0 Å². The molecule has 0 unspecified atom stereocenters. The van der Waals surface area contributed by atoms with Crippen LogP contribution in [0.4, 0.5) is 0 Å². The molecule has 2 rings (SSSR count). The number of carbonyl (C=O) groups is 1. The maximum atomic E-state index is 11.0. The third kappa shape index (κ3) is 1.73. The Morgan fingerprint density at radius 1 is 1.54 bits per heavy atom. The van der Waals surface area contributed by atoms with Crippen molar-refractivity contribution in [3.8, 4) is 0 Å². The zero-order chi connectivity index (χ0) is 9.31. The summed E-state index contributed by atoms with van der Waals surface area (Å²) in [4.78, 5) is 11.0. The van der Waals surface area contributed by atoms with Crippen molar-refractivity contribution in [2.24, 2.45) is 11.0 Å². The van der Waals surface area contributed by atoms with Crippen molar-refractivity contribution in [2.75, 3.05) is 0 Å². The highest BCUT2D eigenvalue weighted by atomic mass is 32.1. The molecule has 13 heavy (non-hydrogen) atoms. The van der Waals surface area contributed by atoms with Gasteiger partial charge < -0.3 is 5.43 Å². The molecule has 1 N–H and O–H groups in total. The first-order valence-electron chi connectivity index (χ1n) is 4.73. The number of carbonyl (C=O) groups excluding carboxylic acids is 1. The maximum absolute atomic E-state index is 11.0. The standard InChI is InChI=1S/C9H14N2OS/c12-8(13)7-1-3-9(4-2-7)5-6-10-11-9/h6-7,11H,1-5H2,(H,12,13). The Morgan fingerprint density at radius 3 is 2.69 bits per heavy atom. The highest BCUT2D eigenvalue weighted by molar-refractivity contribution is 7.96. The molecule has 0 bridgehead atoms. The van der Waals surface area contributed by atoms with E-state index >= 15 is 0 Å². The van der Waals surface area contributed by atoms with Gasteiger partial charge in [-0.05, 0) is 25.7 Å². The number of hydrogen-bond acceptors (Lipinski definition) is 3. The molecular formula is C9H14N2OS. The van der Waals surface area contributed by atoms with E-state index in [4.69, 9.17) is 0 Å². The largest absolute Gasteiger partial charge is 0.304 e. The third-order valence-corrected chi connectivity index (χ3v) is 3.53. The molecule has 0 amide bonds. The van der Waals surface area contributed by atoms with Gasteiger partial charge in [0.15, 0.2) is 5.12 Å². The lowest BCUT2D eigenvalue weighted by molar-refractivity contribution is -0.115. The van der Waals surface area contributed by atoms with Crippen molar-refractivity contribution < 1.29 is 4.79 Å². The van der Waals surface area contributed by atoms with Crippen LogP contribution in [0.5, 0.6) is 0 Å². The fraction of sp³-hybridized carbons (Fsp3) is 0.778. The van der Waals surface area contributed by atoms with Gasteiger partial charge in [-0.15, -0.1) is 12.6 Å². The summed E-state index contributed by atoms with van der Waals surface area (Å²) >= 11 is 3.88. The Kier molecular flexibility index (Phi) is 2.32. The highest BCUT2D eigenvalue weighted by Crippen LogP contribution is 2.36. The average molecular weight is 198 g/mol. The predicted octanol–water partition coefficient (Wildman–Crippen LogP) is 1.35. The van der Waals surface area contributed by atoms with E-state index in [0.717, 1.165) is 32.1 Å². The first-order valence-corrected chi connectivity index (χ1v) is 5.18. The first-order chi connectivity index (χ1) is 6.22. The molecule has 0 aromatic carbocycles. The molecule has 1 fully saturated rings. The molecular weight excluding hydrogens is 184 g/mol. The Balaban J connectivity index is 1.92. The molecule has 0 aromatic heterocycles. The van der Waals surface area contributed by atoms with E-state index in [1.165, 1.54) is 0 Å². The van der Waals surface area contributed by atoms with Gasteiger partial charge in [0.25, 0.3) is 0 Å². The lowest BCUT2D eigenvalue weighted by Gasteiger charge is -2.35. The summed E-state index contributed by atoms with van der Waals surface area (Å²) in [5.41, 5.74) is 3.34. The van der Waals surface area contributed by atoms with E-state index in [9.17, 15) is 4.79 Å². The monoisotopic (exact) mass is 198 g/mol. The zero-order valence-electron chi connectivity index (χ0n) is 7.49. The van der Waals surface area contributed by atoms with Gasteiger partial charge in [0.2, 0.25) is 0 Å². The normalized spacial score (nSPS) is 37.8. The van der Waals surface area contributed by atoms with Gasteiger partial charge in [0.1, 0.15) is 0 Å².